The number of sulfonamides is 1. The highest BCUT2D eigenvalue weighted by atomic mass is 35.5. The van der Waals surface area contributed by atoms with Crippen LogP contribution < -0.4 is 14.9 Å². The van der Waals surface area contributed by atoms with E-state index in [1.54, 1.807) is 24.3 Å². The van der Waals surface area contributed by atoms with E-state index in [-0.39, 0.29) is 16.0 Å². The Morgan fingerprint density at radius 2 is 1.88 bits per heavy atom. The molecule has 1 unspecified atom stereocenters. The van der Waals surface area contributed by atoms with Crippen molar-refractivity contribution in [3.63, 3.8) is 0 Å². The van der Waals surface area contributed by atoms with Crippen molar-refractivity contribution in [2.45, 2.75) is 30.6 Å². The van der Waals surface area contributed by atoms with Gasteiger partial charge in [-0.3, -0.25) is 10.1 Å². The van der Waals surface area contributed by atoms with E-state index in [0.29, 0.717) is 16.5 Å². The SMILES string of the molecule is CC1CCCN(c2ccc(CNS(=O)(=O)c3nnc(NC(=O)c4ccc(Cl)cc4)s3)cc2)C1. The summed E-state index contributed by atoms with van der Waals surface area (Å²) < 4.78 is 27.6. The molecule has 1 atom stereocenters. The number of anilines is 2. The molecule has 2 heterocycles. The highest BCUT2D eigenvalue weighted by Crippen LogP contribution is 2.24. The van der Waals surface area contributed by atoms with Crippen LogP contribution in [0, 0.1) is 5.92 Å². The second kappa shape index (κ2) is 10.2. The van der Waals surface area contributed by atoms with Crippen LogP contribution in [0.5, 0.6) is 0 Å². The molecule has 0 spiro atoms. The first kappa shape index (κ1) is 23.6. The number of hydrogen-bond donors (Lipinski definition) is 2. The van der Waals surface area contributed by atoms with Crippen molar-refractivity contribution in [2.75, 3.05) is 23.3 Å². The maximum atomic E-state index is 12.6. The van der Waals surface area contributed by atoms with Gasteiger partial charge in [-0.2, -0.15) is 0 Å². The number of carbonyl (C=O) groups is 1. The van der Waals surface area contributed by atoms with Crippen molar-refractivity contribution in [3.05, 3.63) is 64.7 Å². The van der Waals surface area contributed by atoms with E-state index in [1.165, 1.54) is 12.8 Å². The van der Waals surface area contributed by atoms with Crippen LogP contribution in [0.3, 0.4) is 0 Å². The van der Waals surface area contributed by atoms with Crippen molar-refractivity contribution in [3.8, 4) is 0 Å². The van der Waals surface area contributed by atoms with E-state index in [1.807, 2.05) is 24.3 Å². The first-order valence-corrected chi connectivity index (χ1v) is 13.2. The summed E-state index contributed by atoms with van der Waals surface area (Å²) in [6.45, 7) is 4.48. The van der Waals surface area contributed by atoms with Crippen molar-refractivity contribution in [1.82, 2.24) is 14.9 Å². The van der Waals surface area contributed by atoms with Crippen LogP contribution >= 0.6 is 22.9 Å². The van der Waals surface area contributed by atoms with Crippen LogP contribution in [0.1, 0.15) is 35.7 Å². The second-order valence-electron chi connectivity index (χ2n) is 8.02. The molecule has 8 nitrogen and oxygen atoms in total. The number of piperidine rings is 1. The van der Waals surface area contributed by atoms with Crippen LogP contribution in [0.4, 0.5) is 10.8 Å². The molecule has 2 aromatic carbocycles. The standard InChI is InChI=1S/C22H24ClN5O3S2/c1-15-3-2-12-28(14-15)19-10-4-16(5-11-19)13-24-33(30,31)22-27-26-21(32-22)25-20(29)17-6-8-18(23)9-7-17/h4-11,15,24H,2-3,12-14H2,1H3,(H,25,26,29). The zero-order valence-electron chi connectivity index (χ0n) is 18.0. The molecule has 4 rings (SSSR count). The van der Waals surface area contributed by atoms with Gasteiger partial charge in [-0.1, -0.05) is 42.0 Å². The number of aromatic nitrogens is 2. The van der Waals surface area contributed by atoms with Crippen LogP contribution in [0.2, 0.25) is 5.02 Å². The number of carbonyl (C=O) groups excluding carboxylic acids is 1. The van der Waals surface area contributed by atoms with Gasteiger partial charge in [0.05, 0.1) is 0 Å². The van der Waals surface area contributed by atoms with E-state index >= 15 is 0 Å². The normalized spacial score (nSPS) is 16.5. The predicted molar refractivity (Wildman–Crippen MR) is 130 cm³/mol. The second-order valence-corrected chi connectivity index (χ2v) is 11.4. The summed E-state index contributed by atoms with van der Waals surface area (Å²) in [6, 6.07) is 14.2. The largest absolute Gasteiger partial charge is 0.371 e. The van der Waals surface area contributed by atoms with Crippen molar-refractivity contribution in [2.24, 2.45) is 5.92 Å². The van der Waals surface area contributed by atoms with Gasteiger partial charge < -0.3 is 4.90 Å². The lowest BCUT2D eigenvalue weighted by Gasteiger charge is -2.32. The maximum Gasteiger partial charge on any atom is 0.270 e. The smallest absolute Gasteiger partial charge is 0.270 e. The van der Waals surface area contributed by atoms with Crippen molar-refractivity contribution in [1.29, 1.82) is 0 Å². The topological polar surface area (TPSA) is 104 Å². The molecule has 3 aromatic rings. The first-order chi connectivity index (χ1) is 15.8. The van der Waals surface area contributed by atoms with Gasteiger partial charge in [0, 0.05) is 35.9 Å². The lowest BCUT2D eigenvalue weighted by atomic mass is 9.99. The van der Waals surface area contributed by atoms with E-state index in [0.717, 1.165) is 35.7 Å². The van der Waals surface area contributed by atoms with Crippen LogP contribution in [-0.4, -0.2) is 37.6 Å². The third kappa shape index (κ3) is 6.08. The summed E-state index contributed by atoms with van der Waals surface area (Å²) in [4.78, 5) is 14.6. The number of hydrogen-bond acceptors (Lipinski definition) is 7. The summed E-state index contributed by atoms with van der Waals surface area (Å²) in [5.41, 5.74) is 2.37. The van der Waals surface area contributed by atoms with Crippen LogP contribution in [0.15, 0.2) is 52.9 Å². The van der Waals surface area contributed by atoms with Gasteiger partial charge in [0.1, 0.15) is 0 Å². The van der Waals surface area contributed by atoms with Crippen LogP contribution in [0.25, 0.3) is 0 Å². The fourth-order valence-corrected chi connectivity index (χ4v) is 5.71. The molecule has 1 amide bonds. The van der Waals surface area contributed by atoms with Gasteiger partial charge in [0.2, 0.25) is 9.47 Å². The zero-order chi connectivity index (χ0) is 23.4. The molecule has 1 saturated heterocycles. The Bertz CT molecular complexity index is 1210. The molecule has 1 aliphatic rings. The zero-order valence-corrected chi connectivity index (χ0v) is 20.4. The number of rotatable bonds is 7. The lowest BCUT2D eigenvalue weighted by Crippen LogP contribution is -2.34. The molecule has 33 heavy (non-hydrogen) atoms. The van der Waals surface area contributed by atoms with Crippen molar-refractivity contribution < 1.29 is 13.2 Å². The Balaban J connectivity index is 1.35. The van der Waals surface area contributed by atoms with Gasteiger partial charge in [-0.15, -0.1) is 10.2 Å². The Hall–Kier alpha value is -2.53. The van der Waals surface area contributed by atoms with E-state index < -0.39 is 15.9 Å². The molecule has 1 fully saturated rings. The van der Waals surface area contributed by atoms with E-state index in [9.17, 15) is 13.2 Å². The monoisotopic (exact) mass is 505 g/mol. The molecular weight excluding hydrogens is 482 g/mol. The highest BCUT2D eigenvalue weighted by Gasteiger charge is 2.21. The molecule has 174 valence electrons. The quantitative estimate of drug-likeness (QED) is 0.467. The molecule has 0 radical (unpaired) electrons. The van der Waals surface area contributed by atoms with E-state index in [4.69, 9.17) is 11.6 Å². The van der Waals surface area contributed by atoms with Gasteiger partial charge in [0.25, 0.3) is 15.9 Å². The summed E-state index contributed by atoms with van der Waals surface area (Å²) >= 11 is 6.61. The summed E-state index contributed by atoms with van der Waals surface area (Å²) in [5.74, 6) is 0.251. The van der Waals surface area contributed by atoms with Crippen LogP contribution in [-0.2, 0) is 16.6 Å². The Kier molecular flexibility index (Phi) is 7.28. The maximum absolute atomic E-state index is 12.6. The average molecular weight is 506 g/mol. The average Bonchev–Trinajstić information content (AvgIpc) is 3.28. The van der Waals surface area contributed by atoms with Gasteiger partial charge >= 0.3 is 0 Å². The van der Waals surface area contributed by atoms with Gasteiger partial charge in [-0.25, -0.2) is 13.1 Å². The molecule has 1 aromatic heterocycles. The molecule has 2 N–H and O–H groups in total. The highest BCUT2D eigenvalue weighted by molar-refractivity contribution is 7.91. The third-order valence-corrected chi connectivity index (χ3v) is 8.25. The minimum absolute atomic E-state index is 0.0930. The molecule has 0 aliphatic carbocycles. The lowest BCUT2D eigenvalue weighted by molar-refractivity contribution is 0.102. The Morgan fingerprint density at radius 3 is 2.58 bits per heavy atom. The molecular formula is C22H24ClN5O3S2. The number of nitrogens with zero attached hydrogens (tertiary/aromatic N) is 3. The van der Waals surface area contributed by atoms with Crippen molar-refractivity contribution >= 4 is 49.7 Å². The van der Waals surface area contributed by atoms with Gasteiger partial charge in [-0.05, 0) is 60.7 Å². The summed E-state index contributed by atoms with van der Waals surface area (Å²) in [5, 5.41) is 10.6. The fraction of sp³-hybridized carbons (Fsp3) is 0.318. The number of nitrogens with one attached hydrogen (secondary N) is 2. The molecule has 0 saturated carbocycles. The molecule has 0 bridgehead atoms. The first-order valence-electron chi connectivity index (χ1n) is 10.5. The Labute approximate surface area is 202 Å². The number of amides is 1. The minimum atomic E-state index is -3.87. The summed E-state index contributed by atoms with van der Waals surface area (Å²) in [7, 11) is -3.87. The number of halogens is 1. The van der Waals surface area contributed by atoms with Gasteiger partial charge in [0.15, 0.2) is 0 Å². The molecule has 1 aliphatic heterocycles. The third-order valence-electron chi connectivity index (χ3n) is 5.39. The Morgan fingerprint density at radius 1 is 1.15 bits per heavy atom. The minimum Gasteiger partial charge on any atom is -0.371 e. The predicted octanol–water partition coefficient (Wildman–Crippen LogP) is 4.16. The molecule has 11 heteroatoms. The summed E-state index contributed by atoms with van der Waals surface area (Å²) in [6.07, 6.45) is 2.45. The number of benzene rings is 2. The van der Waals surface area contributed by atoms with E-state index in [2.05, 4.69) is 32.1 Å². The fourth-order valence-electron chi connectivity index (χ4n) is 3.63.